The Morgan fingerprint density at radius 3 is 2.89 bits per heavy atom. The van der Waals surface area contributed by atoms with E-state index in [4.69, 9.17) is 5.73 Å². The Balaban J connectivity index is 2.09. The van der Waals surface area contributed by atoms with Crippen molar-refractivity contribution in [2.24, 2.45) is 5.73 Å². The highest BCUT2D eigenvalue weighted by Crippen LogP contribution is 2.20. The number of carbonyl (C=O) groups excluding carboxylic acids is 1. The van der Waals surface area contributed by atoms with Gasteiger partial charge in [-0.1, -0.05) is 6.07 Å². The van der Waals surface area contributed by atoms with Gasteiger partial charge in [0.15, 0.2) is 0 Å². The SMILES string of the molecule is Cc1nc(NC(=O)C(N)c2cccs2)ccc1Br. The van der Waals surface area contributed by atoms with E-state index < -0.39 is 6.04 Å². The normalized spacial score (nSPS) is 12.2. The molecule has 2 aromatic rings. The molecule has 0 saturated heterocycles. The number of hydrogen-bond donors (Lipinski definition) is 2. The highest BCUT2D eigenvalue weighted by atomic mass is 79.9. The first kappa shape index (κ1) is 13.2. The summed E-state index contributed by atoms with van der Waals surface area (Å²) in [7, 11) is 0. The summed E-state index contributed by atoms with van der Waals surface area (Å²) in [6.45, 7) is 1.86. The first-order valence-electron chi connectivity index (χ1n) is 5.31. The molecule has 3 N–H and O–H groups in total. The Hall–Kier alpha value is -1.24. The predicted molar refractivity (Wildman–Crippen MR) is 76.6 cm³/mol. The van der Waals surface area contributed by atoms with Crippen molar-refractivity contribution in [3.8, 4) is 0 Å². The molecule has 0 aromatic carbocycles. The van der Waals surface area contributed by atoms with Gasteiger partial charge in [-0.05, 0) is 46.4 Å². The molecule has 0 saturated carbocycles. The molecule has 2 heterocycles. The molecule has 0 radical (unpaired) electrons. The fraction of sp³-hybridized carbons (Fsp3) is 0.167. The van der Waals surface area contributed by atoms with Crippen molar-refractivity contribution >= 4 is 39.0 Å². The third kappa shape index (κ3) is 2.95. The minimum Gasteiger partial charge on any atom is -0.316 e. The van der Waals surface area contributed by atoms with Gasteiger partial charge in [0.05, 0.1) is 5.69 Å². The summed E-state index contributed by atoms with van der Waals surface area (Å²) in [5, 5.41) is 4.60. The summed E-state index contributed by atoms with van der Waals surface area (Å²) in [6, 6.07) is 6.63. The van der Waals surface area contributed by atoms with Crippen molar-refractivity contribution in [2.45, 2.75) is 13.0 Å². The number of aromatic nitrogens is 1. The first-order chi connectivity index (χ1) is 8.58. The quantitative estimate of drug-likeness (QED) is 0.911. The maximum Gasteiger partial charge on any atom is 0.247 e. The van der Waals surface area contributed by atoms with Gasteiger partial charge in [-0.15, -0.1) is 11.3 Å². The maximum absolute atomic E-state index is 11.9. The van der Waals surface area contributed by atoms with E-state index in [1.54, 1.807) is 6.07 Å². The third-order valence-electron chi connectivity index (χ3n) is 2.40. The molecule has 0 bridgehead atoms. The van der Waals surface area contributed by atoms with Gasteiger partial charge in [0.2, 0.25) is 5.91 Å². The number of aryl methyl sites for hydroxylation is 1. The number of rotatable bonds is 3. The zero-order valence-corrected chi connectivity index (χ0v) is 12.1. The van der Waals surface area contributed by atoms with E-state index in [0.717, 1.165) is 15.0 Å². The van der Waals surface area contributed by atoms with E-state index in [1.165, 1.54) is 11.3 Å². The molecule has 94 valence electrons. The first-order valence-corrected chi connectivity index (χ1v) is 6.98. The zero-order chi connectivity index (χ0) is 13.1. The van der Waals surface area contributed by atoms with Crippen molar-refractivity contribution in [3.63, 3.8) is 0 Å². The highest BCUT2D eigenvalue weighted by molar-refractivity contribution is 9.10. The standard InChI is InChI=1S/C12H12BrN3OS/c1-7-8(13)4-5-10(15-7)16-12(17)11(14)9-3-2-6-18-9/h2-6,11H,14H2,1H3,(H,15,16,17). The summed E-state index contributed by atoms with van der Waals surface area (Å²) >= 11 is 4.82. The average molecular weight is 326 g/mol. The van der Waals surface area contributed by atoms with Crippen LogP contribution >= 0.6 is 27.3 Å². The number of carbonyl (C=O) groups is 1. The van der Waals surface area contributed by atoms with Crippen molar-refractivity contribution < 1.29 is 4.79 Å². The summed E-state index contributed by atoms with van der Waals surface area (Å²) in [6.07, 6.45) is 0. The molecular formula is C12H12BrN3OS. The summed E-state index contributed by atoms with van der Waals surface area (Å²) in [4.78, 5) is 17.0. The predicted octanol–water partition coefficient (Wildman–Crippen LogP) is 2.85. The monoisotopic (exact) mass is 325 g/mol. The van der Waals surface area contributed by atoms with Crippen LogP contribution in [0.5, 0.6) is 0 Å². The molecule has 2 aromatic heterocycles. The Morgan fingerprint density at radius 2 is 2.28 bits per heavy atom. The molecule has 1 atom stereocenters. The number of nitrogens with two attached hydrogens (primary N) is 1. The van der Waals surface area contributed by atoms with Gasteiger partial charge in [0.1, 0.15) is 11.9 Å². The molecule has 1 unspecified atom stereocenters. The Morgan fingerprint density at radius 1 is 1.50 bits per heavy atom. The van der Waals surface area contributed by atoms with Gasteiger partial charge in [-0.2, -0.15) is 0 Å². The van der Waals surface area contributed by atoms with Gasteiger partial charge in [-0.3, -0.25) is 4.79 Å². The lowest BCUT2D eigenvalue weighted by atomic mass is 10.2. The molecule has 0 fully saturated rings. The number of amides is 1. The van der Waals surface area contributed by atoms with E-state index in [0.29, 0.717) is 5.82 Å². The number of nitrogens with one attached hydrogen (secondary N) is 1. The summed E-state index contributed by atoms with van der Waals surface area (Å²) in [5.41, 5.74) is 6.68. The number of pyridine rings is 1. The van der Waals surface area contributed by atoms with Gasteiger partial charge >= 0.3 is 0 Å². The Bertz CT molecular complexity index is 556. The molecular weight excluding hydrogens is 314 g/mol. The van der Waals surface area contributed by atoms with E-state index in [2.05, 4.69) is 26.2 Å². The number of thiophene rings is 1. The fourth-order valence-electron chi connectivity index (χ4n) is 1.42. The molecule has 0 aliphatic carbocycles. The van der Waals surface area contributed by atoms with E-state index in [-0.39, 0.29) is 5.91 Å². The van der Waals surface area contributed by atoms with Crippen LogP contribution < -0.4 is 11.1 Å². The molecule has 1 amide bonds. The Labute approximate surface area is 117 Å². The lowest BCUT2D eigenvalue weighted by Gasteiger charge is -2.10. The van der Waals surface area contributed by atoms with Crippen LogP contribution in [0.4, 0.5) is 5.82 Å². The number of halogens is 1. The summed E-state index contributed by atoms with van der Waals surface area (Å²) < 4.78 is 0.906. The van der Waals surface area contributed by atoms with Gasteiger partial charge < -0.3 is 11.1 Å². The minimum absolute atomic E-state index is 0.258. The average Bonchev–Trinajstić information content (AvgIpc) is 2.86. The van der Waals surface area contributed by atoms with Crippen molar-refractivity contribution in [1.29, 1.82) is 0 Å². The molecule has 2 rings (SSSR count). The van der Waals surface area contributed by atoms with Crippen molar-refractivity contribution in [2.75, 3.05) is 5.32 Å². The van der Waals surface area contributed by atoms with Crippen LogP contribution in [0.15, 0.2) is 34.1 Å². The van der Waals surface area contributed by atoms with E-state index in [9.17, 15) is 4.79 Å². The maximum atomic E-state index is 11.9. The molecule has 0 aliphatic heterocycles. The second-order valence-electron chi connectivity index (χ2n) is 3.75. The van der Waals surface area contributed by atoms with E-state index in [1.807, 2.05) is 30.5 Å². The van der Waals surface area contributed by atoms with Gasteiger partial charge in [0, 0.05) is 9.35 Å². The van der Waals surface area contributed by atoms with Gasteiger partial charge in [-0.25, -0.2) is 4.98 Å². The van der Waals surface area contributed by atoms with Crippen LogP contribution in [-0.4, -0.2) is 10.9 Å². The minimum atomic E-state index is -0.657. The third-order valence-corrected chi connectivity index (χ3v) is 4.20. The van der Waals surface area contributed by atoms with Crippen LogP contribution in [0.25, 0.3) is 0 Å². The van der Waals surface area contributed by atoms with E-state index >= 15 is 0 Å². The number of anilines is 1. The van der Waals surface area contributed by atoms with Crippen molar-refractivity contribution in [1.82, 2.24) is 4.98 Å². The topological polar surface area (TPSA) is 68.0 Å². The lowest BCUT2D eigenvalue weighted by Crippen LogP contribution is -2.27. The largest absolute Gasteiger partial charge is 0.316 e. The highest BCUT2D eigenvalue weighted by Gasteiger charge is 2.17. The molecule has 0 spiro atoms. The van der Waals surface area contributed by atoms with Crippen LogP contribution in [0.3, 0.4) is 0 Å². The second-order valence-corrected chi connectivity index (χ2v) is 5.58. The molecule has 0 aliphatic rings. The Kier molecular flexibility index (Phi) is 4.11. The second kappa shape index (κ2) is 5.60. The summed E-state index contributed by atoms with van der Waals surface area (Å²) in [5.74, 6) is 0.249. The lowest BCUT2D eigenvalue weighted by molar-refractivity contribution is -0.117. The van der Waals surface area contributed by atoms with Crippen LogP contribution in [0, 0.1) is 6.92 Å². The molecule has 18 heavy (non-hydrogen) atoms. The smallest absolute Gasteiger partial charge is 0.247 e. The molecule has 6 heteroatoms. The van der Waals surface area contributed by atoms with Gasteiger partial charge in [0.25, 0.3) is 0 Å². The number of hydrogen-bond acceptors (Lipinski definition) is 4. The zero-order valence-electron chi connectivity index (χ0n) is 9.68. The van der Waals surface area contributed by atoms with Crippen LogP contribution in [-0.2, 0) is 4.79 Å². The van der Waals surface area contributed by atoms with Crippen LogP contribution in [0.1, 0.15) is 16.6 Å². The fourth-order valence-corrected chi connectivity index (χ4v) is 2.36. The van der Waals surface area contributed by atoms with Crippen LogP contribution in [0.2, 0.25) is 0 Å². The molecule has 4 nitrogen and oxygen atoms in total. The number of nitrogens with zero attached hydrogens (tertiary/aromatic N) is 1. The van der Waals surface area contributed by atoms with Crippen molar-refractivity contribution in [3.05, 3.63) is 44.7 Å².